The number of halogens is 1. The van der Waals surface area contributed by atoms with Gasteiger partial charge in [0.15, 0.2) is 0 Å². The average Bonchev–Trinajstić information content (AvgIpc) is 1.61. The summed E-state index contributed by atoms with van der Waals surface area (Å²) in [6.07, 6.45) is 0. The molecule has 0 heterocycles. The van der Waals surface area contributed by atoms with Crippen molar-refractivity contribution < 1.29 is 14.1 Å². The molecule has 35 valence electrons. The quantitative estimate of drug-likeness (QED) is 0.374. The van der Waals surface area contributed by atoms with Crippen LogP contribution in [-0.2, 0) is 4.65 Å². The van der Waals surface area contributed by atoms with Gasteiger partial charge in [-0.15, -0.1) is 0 Å². The van der Waals surface area contributed by atoms with Crippen molar-refractivity contribution in [3.63, 3.8) is 0 Å². The molecule has 0 aromatic carbocycles. The van der Waals surface area contributed by atoms with Crippen LogP contribution in [0, 0.1) is 0 Å². The van der Waals surface area contributed by atoms with E-state index in [-0.39, 0.29) is 21.0 Å². The molecule has 1 N–H and O–H groups in total. The zero-order valence-corrected chi connectivity index (χ0v) is 3.22. The third kappa shape index (κ3) is 3.91. The van der Waals surface area contributed by atoms with E-state index in [0.29, 0.717) is 0 Å². The van der Waals surface area contributed by atoms with Crippen molar-refractivity contribution >= 4 is 7.76 Å². The van der Waals surface area contributed by atoms with Crippen molar-refractivity contribution in [3.05, 3.63) is 0 Å². The van der Waals surface area contributed by atoms with Crippen molar-refractivity contribution in [1.29, 1.82) is 0 Å². The minimum atomic E-state index is -0.138. The minimum absolute atomic E-state index is 0.0382. The molecular weight excluding hydrogens is 85.8 g/mol. The van der Waals surface area contributed by atoms with Gasteiger partial charge in [0.05, 0.1) is 13.2 Å². The van der Waals surface area contributed by atoms with E-state index in [1.165, 1.54) is 0 Å². The smallest absolute Gasteiger partial charge is 0.407 e. The third-order valence-corrected chi connectivity index (χ3v) is 0.272. The maximum atomic E-state index is 10.7. The normalized spacial score (nSPS) is 8.33. The number of aliphatic hydroxyl groups excluding tert-OH is 1. The molecule has 0 fully saturated rings. The van der Waals surface area contributed by atoms with Gasteiger partial charge in [-0.25, -0.2) is 0 Å². The molecule has 6 heavy (non-hydrogen) atoms. The van der Waals surface area contributed by atoms with E-state index in [1.807, 2.05) is 0 Å². The van der Waals surface area contributed by atoms with Crippen LogP contribution in [0.3, 0.4) is 0 Å². The van der Waals surface area contributed by atoms with Crippen LogP contribution in [0.15, 0.2) is 0 Å². The van der Waals surface area contributed by atoms with Gasteiger partial charge in [-0.1, -0.05) is 0 Å². The molecule has 0 aliphatic rings. The second-order valence-electron chi connectivity index (χ2n) is 0.683. The fraction of sp³-hybridized carbons (Fsp3) is 1.00. The first-order chi connectivity index (χ1) is 2.91. The fourth-order valence-electron chi connectivity index (χ4n) is 0.0972. The summed E-state index contributed by atoms with van der Waals surface area (Å²) in [6.45, 7) is -0.100. The molecule has 2 nitrogen and oxygen atoms in total. The van der Waals surface area contributed by atoms with Gasteiger partial charge in [-0.3, -0.25) is 4.32 Å². The Morgan fingerprint density at radius 1 is 1.83 bits per heavy atom. The molecule has 0 saturated heterocycles. The monoisotopic (exact) mass is 91.0 g/mol. The summed E-state index contributed by atoms with van der Waals surface area (Å²) in [5.74, 6) is 0. The Morgan fingerprint density at radius 2 is 2.50 bits per heavy atom. The van der Waals surface area contributed by atoms with Gasteiger partial charge in [0.25, 0.3) is 0 Å². The van der Waals surface area contributed by atoms with E-state index in [4.69, 9.17) is 5.11 Å². The lowest BCUT2D eigenvalue weighted by atomic mass is 10.5. The molecule has 0 unspecified atom stereocenters. The predicted molar refractivity (Wildman–Crippen MR) is 19.9 cm³/mol. The highest BCUT2D eigenvalue weighted by atomic mass is 19.1. The van der Waals surface area contributed by atoms with Gasteiger partial charge >= 0.3 is 7.76 Å². The summed E-state index contributed by atoms with van der Waals surface area (Å²) in [5.41, 5.74) is 0. The lowest BCUT2D eigenvalue weighted by molar-refractivity contribution is 0.198. The number of hydrogen-bond acceptors (Lipinski definition) is 2. The molecule has 0 aromatic rings. The van der Waals surface area contributed by atoms with Crippen LogP contribution < -0.4 is 0 Å². The maximum absolute atomic E-state index is 10.7. The van der Waals surface area contributed by atoms with Gasteiger partial charge in [0, 0.05) is 0 Å². The van der Waals surface area contributed by atoms with Crippen LogP contribution in [0.2, 0.25) is 0 Å². The van der Waals surface area contributed by atoms with Gasteiger partial charge < -0.3 is 9.76 Å². The van der Waals surface area contributed by atoms with Crippen molar-refractivity contribution in [2.45, 2.75) is 0 Å². The molecule has 0 aromatic heterocycles. The first kappa shape index (κ1) is 5.91. The van der Waals surface area contributed by atoms with Crippen LogP contribution in [-0.4, -0.2) is 26.1 Å². The molecule has 0 bridgehead atoms. The van der Waals surface area contributed by atoms with E-state index in [1.54, 1.807) is 0 Å². The Balaban J connectivity index is 2.34. The zero-order valence-electron chi connectivity index (χ0n) is 3.22. The Bertz CT molecular complexity index is 23.5. The third-order valence-electron chi connectivity index (χ3n) is 0.272. The summed E-state index contributed by atoms with van der Waals surface area (Å²) in [5, 5.41) is 7.89. The van der Waals surface area contributed by atoms with Crippen LogP contribution in [0.5, 0.6) is 0 Å². The maximum Gasteiger partial charge on any atom is 0.535 e. The SMILES string of the molecule is OCCO[B]F. The van der Waals surface area contributed by atoms with E-state index in [2.05, 4.69) is 4.65 Å². The predicted octanol–water partition coefficient (Wildman–Crippen LogP) is -0.501. The van der Waals surface area contributed by atoms with E-state index in [0.717, 1.165) is 0 Å². The number of rotatable bonds is 3. The lowest BCUT2D eigenvalue weighted by Crippen LogP contribution is -1.98. The average molecular weight is 90.9 g/mol. The van der Waals surface area contributed by atoms with E-state index < -0.39 is 0 Å². The Labute approximate surface area is 36.2 Å². The molecule has 4 heteroatoms. The second kappa shape index (κ2) is 4.91. The van der Waals surface area contributed by atoms with Crippen LogP contribution in [0.25, 0.3) is 0 Å². The Morgan fingerprint density at radius 3 is 2.67 bits per heavy atom. The molecule has 1 radical (unpaired) electrons. The molecule has 0 rings (SSSR count). The largest absolute Gasteiger partial charge is 0.535 e. The van der Waals surface area contributed by atoms with Crippen molar-refractivity contribution in [2.24, 2.45) is 0 Å². The minimum Gasteiger partial charge on any atom is -0.407 e. The fourth-order valence-corrected chi connectivity index (χ4v) is 0.0972. The van der Waals surface area contributed by atoms with Gasteiger partial charge in [0.1, 0.15) is 0 Å². The zero-order chi connectivity index (χ0) is 4.83. The highest BCUT2D eigenvalue weighted by Gasteiger charge is 1.82. The summed E-state index contributed by atoms with van der Waals surface area (Å²) >= 11 is 0. The standard InChI is InChI=1S/C2H5BFO2/c4-3-6-2-1-5/h5H,1-2H2. The van der Waals surface area contributed by atoms with Crippen LogP contribution >= 0.6 is 0 Å². The van der Waals surface area contributed by atoms with Crippen LogP contribution in [0.1, 0.15) is 0 Å². The first-order valence-electron chi connectivity index (χ1n) is 1.56. The molecule has 0 saturated carbocycles. The van der Waals surface area contributed by atoms with Crippen molar-refractivity contribution in [1.82, 2.24) is 0 Å². The molecular formula is C2H5BFO2. The molecule has 0 aliphatic heterocycles. The number of aliphatic hydroxyl groups is 1. The highest BCUT2D eigenvalue weighted by molar-refractivity contribution is 6.16. The Kier molecular flexibility index (Phi) is 4.85. The molecule has 0 spiro atoms. The van der Waals surface area contributed by atoms with E-state index in [9.17, 15) is 4.32 Å². The summed E-state index contributed by atoms with van der Waals surface area (Å²) in [6, 6.07) is 0. The summed E-state index contributed by atoms with van der Waals surface area (Å²) < 4.78 is 14.7. The van der Waals surface area contributed by atoms with Gasteiger partial charge in [-0.05, 0) is 0 Å². The first-order valence-corrected chi connectivity index (χ1v) is 1.56. The van der Waals surface area contributed by atoms with Gasteiger partial charge in [-0.2, -0.15) is 0 Å². The van der Waals surface area contributed by atoms with Crippen LogP contribution in [0.4, 0.5) is 4.32 Å². The van der Waals surface area contributed by atoms with Gasteiger partial charge in [0.2, 0.25) is 0 Å². The summed E-state index contributed by atoms with van der Waals surface area (Å²) in [7, 11) is 0.0518. The van der Waals surface area contributed by atoms with E-state index >= 15 is 0 Å². The van der Waals surface area contributed by atoms with Crippen molar-refractivity contribution in [2.75, 3.05) is 13.2 Å². The molecule has 0 aliphatic carbocycles. The highest BCUT2D eigenvalue weighted by Crippen LogP contribution is 1.65. The Hall–Kier alpha value is -0.0851. The summed E-state index contributed by atoms with van der Waals surface area (Å²) in [4.78, 5) is 0. The topological polar surface area (TPSA) is 29.5 Å². The lowest BCUT2D eigenvalue weighted by Gasteiger charge is -1.87. The number of hydrogen-bond donors (Lipinski definition) is 1. The second-order valence-corrected chi connectivity index (χ2v) is 0.683. The molecule has 0 amide bonds. The van der Waals surface area contributed by atoms with Crippen molar-refractivity contribution in [3.8, 4) is 0 Å². The molecule has 0 atom stereocenters.